The summed E-state index contributed by atoms with van der Waals surface area (Å²) in [6.45, 7) is 11.4. The number of rotatable bonds is 14. The van der Waals surface area contributed by atoms with Crippen LogP contribution in [0.5, 0.6) is 5.75 Å². The maximum absolute atomic E-state index is 14.3. The van der Waals surface area contributed by atoms with Crippen LogP contribution < -0.4 is 14.4 Å². The Morgan fingerprint density at radius 2 is 1.56 bits per heavy atom. The normalized spacial score (nSPS) is 12.8. The van der Waals surface area contributed by atoms with Crippen LogP contribution in [-0.2, 0) is 26.2 Å². The monoisotopic (exact) mass is 607 g/mol. The van der Waals surface area contributed by atoms with Gasteiger partial charge in [-0.1, -0.05) is 69.7 Å². The van der Waals surface area contributed by atoms with Gasteiger partial charge in [-0.3, -0.25) is 13.9 Å². The van der Waals surface area contributed by atoms with E-state index in [-0.39, 0.29) is 29.3 Å². The summed E-state index contributed by atoms with van der Waals surface area (Å²) in [6, 6.07) is 20.2. The average Bonchev–Trinajstić information content (AvgIpc) is 2.99. The van der Waals surface area contributed by atoms with Crippen LogP contribution in [0.3, 0.4) is 0 Å². The fourth-order valence-electron chi connectivity index (χ4n) is 4.72. The highest BCUT2D eigenvalue weighted by molar-refractivity contribution is 7.92. The number of carbonyl (C=O) groups excluding carboxylic acids is 2. The summed E-state index contributed by atoms with van der Waals surface area (Å²) in [4.78, 5) is 29.3. The molecule has 0 bridgehead atoms. The van der Waals surface area contributed by atoms with Crippen molar-refractivity contribution in [1.82, 2.24) is 10.2 Å². The van der Waals surface area contributed by atoms with Crippen LogP contribution in [0.15, 0.2) is 77.7 Å². The van der Waals surface area contributed by atoms with Crippen LogP contribution in [0.4, 0.5) is 5.69 Å². The van der Waals surface area contributed by atoms with E-state index in [0.717, 1.165) is 27.4 Å². The number of aryl methyl sites for hydroxylation is 1. The molecule has 0 aliphatic heterocycles. The summed E-state index contributed by atoms with van der Waals surface area (Å²) in [5, 5.41) is 3.00. The number of nitrogens with zero attached hydrogens (tertiary/aromatic N) is 2. The number of nitrogens with one attached hydrogen (secondary N) is 1. The number of hydrogen-bond donors (Lipinski definition) is 1. The molecule has 0 fully saturated rings. The quantitative estimate of drug-likeness (QED) is 0.241. The van der Waals surface area contributed by atoms with Crippen molar-refractivity contribution in [2.24, 2.45) is 0 Å². The van der Waals surface area contributed by atoms with Gasteiger partial charge in [-0.25, -0.2) is 8.42 Å². The third kappa shape index (κ3) is 8.60. The second-order valence-corrected chi connectivity index (χ2v) is 13.0. The van der Waals surface area contributed by atoms with Gasteiger partial charge in [0.15, 0.2) is 0 Å². The van der Waals surface area contributed by atoms with Crippen LogP contribution in [0.2, 0.25) is 0 Å². The smallest absolute Gasteiger partial charge is 0.264 e. The van der Waals surface area contributed by atoms with Crippen molar-refractivity contribution < 1.29 is 22.7 Å². The third-order valence-electron chi connectivity index (χ3n) is 7.61. The molecule has 3 aromatic rings. The van der Waals surface area contributed by atoms with Crippen molar-refractivity contribution in [1.29, 1.82) is 0 Å². The molecule has 0 unspecified atom stereocenters. The summed E-state index contributed by atoms with van der Waals surface area (Å²) in [6.07, 6.45) is 1.09. The fraction of sp³-hybridized carbons (Fsp3) is 0.412. The molecule has 0 saturated carbocycles. The van der Waals surface area contributed by atoms with E-state index in [9.17, 15) is 18.0 Å². The van der Waals surface area contributed by atoms with Gasteiger partial charge >= 0.3 is 0 Å². The second kappa shape index (κ2) is 15.0. The van der Waals surface area contributed by atoms with Crippen molar-refractivity contribution in [2.45, 2.75) is 83.8 Å². The Labute approximate surface area is 257 Å². The molecule has 0 saturated heterocycles. The van der Waals surface area contributed by atoms with E-state index in [1.165, 1.54) is 4.90 Å². The van der Waals surface area contributed by atoms with Gasteiger partial charge in [-0.05, 0) is 80.1 Å². The summed E-state index contributed by atoms with van der Waals surface area (Å²) < 4.78 is 34.7. The van der Waals surface area contributed by atoms with Crippen molar-refractivity contribution in [2.75, 3.05) is 18.0 Å². The maximum atomic E-state index is 14.3. The highest BCUT2D eigenvalue weighted by Crippen LogP contribution is 2.27. The Balaban J connectivity index is 2.08. The minimum atomic E-state index is -4.13. The molecule has 0 radical (unpaired) electrons. The van der Waals surface area contributed by atoms with Crippen LogP contribution in [0, 0.1) is 6.92 Å². The van der Waals surface area contributed by atoms with Crippen LogP contribution >= 0.6 is 0 Å². The largest absolute Gasteiger partial charge is 0.497 e. The SMILES string of the molecule is CC[C@H](C(=O)N[C@@H](C)CC)N(Cc1cccc(OC)c1)C(=O)CN(c1ccc(C(C)C)cc1)S(=O)(=O)c1ccc(C)cc1. The van der Waals surface area contributed by atoms with Gasteiger partial charge in [0.05, 0.1) is 17.7 Å². The standard InChI is InChI=1S/C34H45N3O5S/c1-8-26(6)35-34(39)32(9-2)36(22-27-11-10-12-30(21-27)42-7)33(38)23-37(29-17-15-28(16-18-29)24(3)4)43(40,41)31-19-13-25(5)14-20-31/h10-21,24,26,32H,8-9,22-23H2,1-7H3,(H,35,39)/t26-,32+/m0/s1. The minimum Gasteiger partial charge on any atom is -0.497 e. The second-order valence-electron chi connectivity index (χ2n) is 11.2. The first kappa shape index (κ1) is 33.6. The Morgan fingerprint density at radius 3 is 2.12 bits per heavy atom. The van der Waals surface area contributed by atoms with E-state index >= 15 is 0 Å². The van der Waals surface area contributed by atoms with Gasteiger partial charge in [0.1, 0.15) is 18.3 Å². The number of hydrogen-bond acceptors (Lipinski definition) is 5. The van der Waals surface area contributed by atoms with Crippen molar-refractivity contribution >= 4 is 27.5 Å². The Hall–Kier alpha value is -3.85. The van der Waals surface area contributed by atoms with Gasteiger partial charge in [0.2, 0.25) is 11.8 Å². The lowest BCUT2D eigenvalue weighted by atomic mass is 10.0. The molecule has 8 nitrogen and oxygen atoms in total. The number of methoxy groups -OCH3 is 1. The lowest BCUT2D eigenvalue weighted by Crippen LogP contribution is -2.53. The van der Waals surface area contributed by atoms with Gasteiger partial charge < -0.3 is 15.0 Å². The van der Waals surface area contributed by atoms with E-state index in [4.69, 9.17) is 4.74 Å². The molecule has 0 aliphatic carbocycles. The fourth-order valence-corrected chi connectivity index (χ4v) is 6.13. The van der Waals surface area contributed by atoms with E-state index in [1.54, 1.807) is 49.6 Å². The summed E-state index contributed by atoms with van der Waals surface area (Å²) in [7, 11) is -2.56. The highest BCUT2D eigenvalue weighted by atomic mass is 32.2. The summed E-state index contributed by atoms with van der Waals surface area (Å²) in [5.41, 5.74) is 3.11. The van der Waals surface area contributed by atoms with Gasteiger partial charge in [0, 0.05) is 12.6 Å². The zero-order chi connectivity index (χ0) is 31.7. The summed E-state index contributed by atoms with van der Waals surface area (Å²) >= 11 is 0. The Kier molecular flexibility index (Phi) is 11.8. The lowest BCUT2D eigenvalue weighted by Gasteiger charge is -2.34. The van der Waals surface area contributed by atoms with Gasteiger partial charge in [0.25, 0.3) is 10.0 Å². The molecule has 9 heteroatoms. The molecule has 3 rings (SSSR count). The van der Waals surface area contributed by atoms with Gasteiger partial charge in [-0.2, -0.15) is 0 Å². The molecule has 232 valence electrons. The molecular formula is C34H45N3O5S. The number of sulfonamides is 1. The van der Waals surface area contributed by atoms with Gasteiger partial charge in [-0.15, -0.1) is 0 Å². The highest BCUT2D eigenvalue weighted by Gasteiger charge is 2.34. The molecular weight excluding hydrogens is 562 g/mol. The molecule has 0 aliphatic rings. The van der Waals surface area contributed by atoms with Crippen molar-refractivity contribution in [3.63, 3.8) is 0 Å². The topological polar surface area (TPSA) is 96.0 Å². The Morgan fingerprint density at radius 1 is 0.907 bits per heavy atom. The van der Waals surface area contributed by atoms with E-state index in [2.05, 4.69) is 19.2 Å². The molecule has 3 aromatic carbocycles. The first-order valence-corrected chi connectivity index (χ1v) is 16.3. The predicted molar refractivity (Wildman–Crippen MR) is 172 cm³/mol. The molecule has 2 amide bonds. The number of amides is 2. The zero-order valence-corrected chi connectivity index (χ0v) is 27.1. The van der Waals surface area contributed by atoms with Crippen LogP contribution in [0.25, 0.3) is 0 Å². The number of benzene rings is 3. The lowest BCUT2D eigenvalue weighted by molar-refractivity contribution is -0.140. The third-order valence-corrected chi connectivity index (χ3v) is 9.40. The minimum absolute atomic E-state index is 0.0757. The number of carbonyl (C=O) groups is 2. The van der Waals surface area contributed by atoms with E-state index in [0.29, 0.717) is 17.9 Å². The predicted octanol–water partition coefficient (Wildman–Crippen LogP) is 6.04. The van der Waals surface area contributed by atoms with Crippen LogP contribution in [0.1, 0.15) is 70.1 Å². The molecule has 2 atom stereocenters. The summed E-state index contributed by atoms with van der Waals surface area (Å²) in [5.74, 6) is 0.112. The van der Waals surface area contributed by atoms with Crippen molar-refractivity contribution in [3.05, 3.63) is 89.5 Å². The molecule has 0 aromatic heterocycles. The first-order valence-electron chi connectivity index (χ1n) is 14.8. The van der Waals surface area contributed by atoms with E-state index < -0.39 is 28.5 Å². The molecule has 0 heterocycles. The maximum Gasteiger partial charge on any atom is 0.264 e. The van der Waals surface area contributed by atoms with E-state index in [1.807, 2.05) is 58.0 Å². The number of anilines is 1. The van der Waals surface area contributed by atoms with Crippen LogP contribution in [-0.4, -0.2) is 50.9 Å². The Bertz CT molecular complexity index is 1470. The van der Waals surface area contributed by atoms with Crippen molar-refractivity contribution in [3.8, 4) is 5.75 Å². The molecule has 0 spiro atoms. The zero-order valence-electron chi connectivity index (χ0n) is 26.3. The average molecular weight is 608 g/mol. The first-order chi connectivity index (χ1) is 20.4. The number of ether oxygens (including phenoxy) is 1. The molecule has 43 heavy (non-hydrogen) atoms. The molecule has 1 N–H and O–H groups in total.